The summed E-state index contributed by atoms with van der Waals surface area (Å²) < 4.78 is 29.5. The lowest BCUT2D eigenvalue weighted by molar-refractivity contribution is -0.147. The maximum absolute atomic E-state index is 13.5. The summed E-state index contributed by atoms with van der Waals surface area (Å²) in [6.07, 6.45) is 5.92. The van der Waals surface area contributed by atoms with Gasteiger partial charge in [-0.3, -0.25) is 14.4 Å². The van der Waals surface area contributed by atoms with Crippen LogP contribution in [0.3, 0.4) is 0 Å². The van der Waals surface area contributed by atoms with Gasteiger partial charge in [0.25, 0.3) is 0 Å². The van der Waals surface area contributed by atoms with Gasteiger partial charge in [0.1, 0.15) is 12.1 Å². The Hall–Kier alpha value is -1.73. The Morgan fingerprint density at radius 3 is 1.85 bits per heavy atom. The van der Waals surface area contributed by atoms with Gasteiger partial charge in [-0.05, 0) is 44.5 Å². The molecule has 0 aliphatic rings. The van der Waals surface area contributed by atoms with Crippen molar-refractivity contribution in [2.24, 2.45) is 17.8 Å². The summed E-state index contributed by atoms with van der Waals surface area (Å²) in [5.74, 6) is -1.77. The third-order valence-electron chi connectivity index (χ3n) is 6.54. The Morgan fingerprint density at radius 1 is 0.974 bits per heavy atom. The topological polar surface area (TPSA) is 98.7 Å². The monoisotopic (exact) mass is 562 g/mol. The fourth-order valence-electron chi connectivity index (χ4n) is 3.49. The maximum atomic E-state index is 13.5. The minimum absolute atomic E-state index is 0.0529. The number of unbranched alkanes of at least 4 members (excludes halogenated alkanes) is 2. The van der Waals surface area contributed by atoms with Gasteiger partial charge in [0.2, 0.25) is 11.8 Å². The predicted octanol–water partition coefficient (Wildman–Crippen LogP) is 6.14. The van der Waals surface area contributed by atoms with Crippen LogP contribution in [0.25, 0.3) is 0 Å². The van der Waals surface area contributed by atoms with Gasteiger partial charge in [0.15, 0.2) is 5.78 Å². The number of allylic oxidation sites excluding steroid dienone is 2. The Morgan fingerprint density at radius 2 is 1.49 bits per heavy atom. The molecule has 0 saturated carbocycles. The number of nitrogens with zero attached hydrogens (tertiary/aromatic N) is 1. The summed E-state index contributed by atoms with van der Waals surface area (Å²) >= 11 is 0. The number of carbonyl (C=O) groups is 3. The zero-order valence-electron chi connectivity index (χ0n) is 31.2. The number of rotatable bonds is 16. The molecule has 0 aliphatic carbocycles. The van der Waals surface area contributed by atoms with Crippen molar-refractivity contribution >= 4 is 17.6 Å². The molecule has 0 radical (unpaired) electrons. The molecule has 5 atom stereocenters. The molecule has 1 unspecified atom stereocenters. The third-order valence-corrected chi connectivity index (χ3v) is 6.54. The van der Waals surface area contributed by atoms with Crippen molar-refractivity contribution in [1.29, 1.82) is 0 Å². The number of amides is 2. The number of aliphatic hydroxyl groups excluding tert-OH is 1. The molecule has 3 N–H and O–H groups in total. The number of ketones is 1. The van der Waals surface area contributed by atoms with E-state index in [9.17, 15) is 19.5 Å². The standard InChI is InChI=1S/C24H45N3O4.2C4H10/c1-10-12-13-17(7)22(29)21(19(28)11-2)27(9)24(31)20(16(5)6)26-23(30)18(25-8)14-15(3)4;2*1-3-4-2/h10,12,15-18,20-22,25,29H,11,13-14H2,1-9H3,(H,26,30);2*3-4H2,1-2H3/b12-10+;;/t17-,18+,20+,21?,22-;;/m1../s1/i1+1D3,10+1D;;. The average molecular weight is 562 g/mol. The van der Waals surface area contributed by atoms with Crippen LogP contribution in [0.15, 0.2) is 12.1 Å². The molecule has 7 nitrogen and oxygen atoms in total. The third kappa shape index (κ3) is 18.3. The second-order valence-corrected chi connectivity index (χ2v) is 11.0. The lowest BCUT2D eigenvalue weighted by Crippen LogP contribution is -2.59. The van der Waals surface area contributed by atoms with Crippen molar-refractivity contribution in [3.8, 4) is 0 Å². The minimum atomic E-state index is -2.56. The van der Waals surface area contributed by atoms with E-state index in [1.807, 2.05) is 13.8 Å². The molecule has 7 heteroatoms. The summed E-state index contributed by atoms with van der Waals surface area (Å²) in [7, 11) is 3.11. The number of hydrogen-bond acceptors (Lipinski definition) is 5. The number of nitrogens with one attached hydrogen (secondary N) is 2. The Kier molecular flexibility index (Phi) is 21.7. The molecule has 232 valence electrons. The average Bonchev–Trinajstić information content (AvgIpc) is 2.95. The number of aliphatic hydroxyl groups is 1. The summed E-state index contributed by atoms with van der Waals surface area (Å²) in [4.78, 5) is 40.3. The van der Waals surface area contributed by atoms with E-state index in [0.29, 0.717) is 6.42 Å². The number of hydrogen-bond donors (Lipinski definition) is 3. The van der Waals surface area contributed by atoms with Crippen LogP contribution in [0, 0.1) is 17.8 Å². The first-order valence-corrected chi connectivity index (χ1v) is 14.9. The van der Waals surface area contributed by atoms with Gasteiger partial charge in [-0.1, -0.05) is 107 Å². The molecule has 0 bridgehead atoms. The summed E-state index contributed by atoms with van der Waals surface area (Å²) in [5, 5.41) is 16.8. The van der Waals surface area contributed by atoms with Crippen LogP contribution >= 0.6 is 0 Å². The molecular weight excluding hydrogens is 492 g/mol. The molecule has 0 fully saturated rings. The van der Waals surface area contributed by atoms with Crippen molar-refractivity contribution in [3.63, 3.8) is 0 Å². The van der Waals surface area contributed by atoms with Crippen LogP contribution in [0.2, 0.25) is 0 Å². The first kappa shape index (κ1) is 33.5. The highest BCUT2D eigenvalue weighted by Gasteiger charge is 2.38. The van der Waals surface area contributed by atoms with E-state index in [0.717, 1.165) is 0 Å². The van der Waals surface area contributed by atoms with Gasteiger partial charge in [-0.25, -0.2) is 0 Å². The zero-order valence-corrected chi connectivity index (χ0v) is 27.2. The first-order chi connectivity index (χ1) is 19.8. The van der Waals surface area contributed by atoms with Gasteiger partial charge >= 0.3 is 0 Å². The highest BCUT2D eigenvalue weighted by Crippen LogP contribution is 2.20. The molecule has 0 heterocycles. The smallest absolute Gasteiger partial charge is 0.245 e. The summed E-state index contributed by atoms with van der Waals surface area (Å²) in [6.45, 7) is 17.0. The van der Waals surface area contributed by atoms with Crippen LogP contribution < -0.4 is 10.6 Å². The van der Waals surface area contributed by atoms with Gasteiger partial charge in [-0.2, -0.15) is 0 Å². The lowest BCUT2D eigenvalue weighted by atomic mass is 9.90. The number of likely N-dealkylation sites (N-methyl/N-ethyl adjacent to an activating group) is 2. The van der Waals surface area contributed by atoms with Crippen LogP contribution in [-0.4, -0.2) is 65.9 Å². The second kappa shape index (κ2) is 25.3. The van der Waals surface area contributed by atoms with E-state index in [1.54, 1.807) is 34.7 Å². The Bertz CT molecular complexity index is 796. The molecule has 0 rings (SSSR count). The van der Waals surface area contributed by atoms with Gasteiger partial charge in [-0.15, -0.1) is 0 Å². The normalized spacial score (nSPS) is 16.9. The van der Waals surface area contributed by atoms with Crippen LogP contribution in [0.4, 0.5) is 0 Å². The van der Waals surface area contributed by atoms with Gasteiger partial charge in [0.05, 0.1) is 13.5 Å². The van der Waals surface area contributed by atoms with Crippen molar-refractivity contribution in [2.75, 3.05) is 14.1 Å². The van der Waals surface area contributed by atoms with Crippen molar-refractivity contribution in [1.82, 2.24) is 15.5 Å². The molecule has 2 amide bonds. The Balaban J connectivity index is -0.00000176. The molecule has 0 spiro atoms. The quantitative estimate of drug-likeness (QED) is 0.155. The predicted molar refractivity (Wildman–Crippen MR) is 167 cm³/mol. The molecular formula is C32H65N3O4. The minimum Gasteiger partial charge on any atom is -0.390 e. The fourth-order valence-corrected chi connectivity index (χ4v) is 3.49. The first-order valence-electron chi connectivity index (χ1n) is 16.9. The fraction of sp³-hybridized carbons (Fsp3) is 0.844. The zero-order chi connectivity index (χ0) is 34.5. The van der Waals surface area contributed by atoms with E-state index in [4.69, 9.17) is 5.48 Å². The van der Waals surface area contributed by atoms with E-state index < -0.39 is 49.0 Å². The van der Waals surface area contributed by atoms with Crippen LogP contribution in [-0.2, 0) is 14.4 Å². The van der Waals surface area contributed by atoms with Crippen molar-refractivity contribution in [2.45, 2.75) is 145 Å². The number of Topliss-reactive ketones (excluding diaryl/α,β-unsaturated/α-hetero) is 1. The summed E-state index contributed by atoms with van der Waals surface area (Å²) in [5.41, 5.74) is 0. The maximum Gasteiger partial charge on any atom is 0.245 e. The molecule has 0 aromatic carbocycles. The molecule has 0 aromatic rings. The van der Waals surface area contributed by atoms with Gasteiger partial charge < -0.3 is 20.6 Å². The second-order valence-electron chi connectivity index (χ2n) is 11.0. The van der Waals surface area contributed by atoms with Gasteiger partial charge in [0, 0.05) is 17.6 Å². The van der Waals surface area contributed by atoms with Crippen LogP contribution in [0.1, 0.15) is 127 Å². The van der Waals surface area contributed by atoms with E-state index in [2.05, 4.69) is 38.3 Å². The molecule has 0 saturated heterocycles. The molecule has 0 aromatic heterocycles. The molecule has 39 heavy (non-hydrogen) atoms. The molecule has 0 aliphatic heterocycles. The van der Waals surface area contributed by atoms with E-state index in [-0.39, 0.29) is 36.4 Å². The van der Waals surface area contributed by atoms with Crippen LogP contribution in [0.5, 0.6) is 0 Å². The highest BCUT2D eigenvalue weighted by molar-refractivity contribution is 5.94. The SMILES string of the molecule is CCCC.CCCC.[2H]/[13C](=C\C[C@@H](C)[C@@H](O)C(C(=O)CC)N(C)C(=O)[C@@H](NC(=O)[C@H](CC(C)C)NC)C(C)C)[13C]([2H])([2H])[2H]. The lowest BCUT2D eigenvalue weighted by Gasteiger charge is -2.36. The largest absolute Gasteiger partial charge is 0.390 e. The number of carbonyl (C=O) groups excluding carboxylic acids is 3. The summed E-state index contributed by atoms with van der Waals surface area (Å²) in [6, 6.07) is -3.09. The highest BCUT2D eigenvalue weighted by atomic mass is 16.3. The van der Waals surface area contributed by atoms with E-state index in [1.165, 1.54) is 43.7 Å². The van der Waals surface area contributed by atoms with E-state index >= 15 is 0 Å². The van der Waals surface area contributed by atoms with Crippen molar-refractivity contribution < 1.29 is 25.0 Å². The van der Waals surface area contributed by atoms with Crippen molar-refractivity contribution in [3.05, 3.63) is 12.1 Å². The Labute approximate surface area is 247 Å².